The van der Waals surface area contributed by atoms with Crippen LogP contribution in [0.1, 0.15) is 17.2 Å². The number of amides is 2. The van der Waals surface area contributed by atoms with Crippen molar-refractivity contribution in [2.45, 2.75) is 18.0 Å². The lowest BCUT2D eigenvalue weighted by Crippen LogP contribution is -2.57. The van der Waals surface area contributed by atoms with Crippen LogP contribution in [0.5, 0.6) is 11.5 Å². The Labute approximate surface area is 229 Å². The largest absolute Gasteiger partial charge is 0.493 e. The third-order valence-corrected chi connectivity index (χ3v) is 7.82. The molecule has 0 radical (unpaired) electrons. The van der Waals surface area contributed by atoms with Gasteiger partial charge in [-0.15, -0.1) is 0 Å². The standard InChI is InChI=1S/C28H24Cl2N2O6/c1-37-20-11-8-16(12-21(20)38-2)24-22-23(28(31-24,27(35)36)14-15-6-4-3-5-7-15)26(34)32(25(22)33)19-10-9-17(29)13-18(19)30/h3-13,22-24,31H,14H2,1-2H3,(H,35,36). The first-order valence-corrected chi connectivity index (χ1v) is 12.6. The normalized spacial score (nSPS) is 24.4. The highest BCUT2D eigenvalue weighted by molar-refractivity contribution is 6.38. The first-order chi connectivity index (χ1) is 18.2. The van der Waals surface area contributed by atoms with Gasteiger partial charge in [-0.05, 0) is 41.5 Å². The molecular formula is C28H24Cl2N2O6. The molecule has 2 N–H and O–H groups in total. The smallest absolute Gasteiger partial charge is 0.325 e. The predicted octanol–water partition coefficient (Wildman–Crippen LogP) is 4.53. The molecule has 0 bridgehead atoms. The van der Waals surface area contributed by atoms with E-state index in [2.05, 4.69) is 5.32 Å². The number of methoxy groups -OCH3 is 2. The van der Waals surface area contributed by atoms with Gasteiger partial charge >= 0.3 is 5.97 Å². The molecule has 4 unspecified atom stereocenters. The Morgan fingerprint density at radius 3 is 2.32 bits per heavy atom. The Balaban J connectivity index is 1.68. The number of anilines is 1. The van der Waals surface area contributed by atoms with Crippen LogP contribution >= 0.6 is 23.2 Å². The van der Waals surface area contributed by atoms with Crippen molar-refractivity contribution in [1.82, 2.24) is 5.32 Å². The molecule has 0 aliphatic carbocycles. The van der Waals surface area contributed by atoms with Crippen LogP contribution in [-0.2, 0) is 20.8 Å². The summed E-state index contributed by atoms with van der Waals surface area (Å²) in [7, 11) is 2.99. The van der Waals surface area contributed by atoms with Gasteiger partial charge in [0, 0.05) is 17.5 Å². The van der Waals surface area contributed by atoms with Crippen LogP contribution in [0.4, 0.5) is 5.69 Å². The van der Waals surface area contributed by atoms with E-state index in [0.717, 1.165) is 4.90 Å². The molecule has 3 aromatic rings. The third-order valence-electron chi connectivity index (χ3n) is 7.28. The van der Waals surface area contributed by atoms with Crippen molar-refractivity contribution < 1.29 is 29.0 Å². The first-order valence-electron chi connectivity index (χ1n) is 11.8. The Hall–Kier alpha value is -3.59. The second kappa shape index (κ2) is 9.94. The van der Waals surface area contributed by atoms with E-state index in [4.69, 9.17) is 32.7 Å². The number of aliphatic carboxylic acids is 1. The Morgan fingerprint density at radius 1 is 0.974 bits per heavy atom. The quantitative estimate of drug-likeness (QED) is 0.413. The number of carbonyl (C=O) groups excluding carboxylic acids is 2. The molecule has 38 heavy (non-hydrogen) atoms. The highest BCUT2D eigenvalue weighted by Crippen LogP contribution is 2.52. The zero-order chi connectivity index (χ0) is 27.2. The fraction of sp³-hybridized carbons (Fsp3) is 0.250. The molecule has 2 fully saturated rings. The first kappa shape index (κ1) is 26.0. The summed E-state index contributed by atoms with van der Waals surface area (Å²) in [6.45, 7) is 0. The maximum absolute atomic E-state index is 14.0. The summed E-state index contributed by atoms with van der Waals surface area (Å²) in [5.74, 6) is -3.77. The molecule has 10 heteroatoms. The maximum Gasteiger partial charge on any atom is 0.325 e. The number of hydrogen-bond acceptors (Lipinski definition) is 6. The average Bonchev–Trinajstić information content (AvgIpc) is 3.38. The number of carboxylic acids is 1. The molecule has 0 aromatic heterocycles. The van der Waals surface area contributed by atoms with Gasteiger partial charge in [0.05, 0.1) is 36.8 Å². The van der Waals surface area contributed by atoms with Crippen LogP contribution in [0, 0.1) is 11.8 Å². The van der Waals surface area contributed by atoms with Crippen LogP contribution in [0.25, 0.3) is 0 Å². The number of ether oxygens (including phenoxy) is 2. The molecule has 8 nitrogen and oxygen atoms in total. The second-order valence-electron chi connectivity index (χ2n) is 9.29. The van der Waals surface area contributed by atoms with Crippen LogP contribution in [0.15, 0.2) is 66.7 Å². The fourth-order valence-corrected chi connectivity index (χ4v) is 6.08. The Bertz CT molecular complexity index is 1430. The third kappa shape index (κ3) is 4.09. The molecule has 2 amide bonds. The van der Waals surface area contributed by atoms with Crippen LogP contribution in [-0.4, -0.2) is 42.6 Å². The zero-order valence-electron chi connectivity index (χ0n) is 20.5. The molecule has 0 spiro atoms. The monoisotopic (exact) mass is 554 g/mol. The Morgan fingerprint density at radius 2 is 1.68 bits per heavy atom. The van der Waals surface area contributed by atoms with Gasteiger partial charge in [0.15, 0.2) is 11.5 Å². The van der Waals surface area contributed by atoms with Crippen molar-refractivity contribution in [3.63, 3.8) is 0 Å². The minimum Gasteiger partial charge on any atom is -0.493 e. The van der Waals surface area contributed by atoms with Gasteiger partial charge < -0.3 is 14.6 Å². The van der Waals surface area contributed by atoms with Crippen molar-refractivity contribution in [1.29, 1.82) is 0 Å². The molecule has 3 aromatic carbocycles. The molecule has 2 saturated heterocycles. The van der Waals surface area contributed by atoms with E-state index < -0.39 is 41.2 Å². The lowest BCUT2D eigenvalue weighted by Gasteiger charge is -2.31. The summed E-state index contributed by atoms with van der Waals surface area (Å²) in [6, 6.07) is 17.7. The Kier molecular flexibility index (Phi) is 6.81. The molecule has 2 aliphatic rings. The number of hydrogen-bond donors (Lipinski definition) is 2. The summed E-state index contributed by atoms with van der Waals surface area (Å²) >= 11 is 12.4. The van der Waals surface area contributed by atoms with Gasteiger partial charge in [0.25, 0.3) is 0 Å². The number of halogens is 2. The van der Waals surface area contributed by atoms with Gasteiger partial charge in [-0.2, -0.15) is 0 Å². The molecule has 2 aliphatic heterocycles. The van der Waals surface area contributed by atoms with Gasteiger partial charge in [-0.25, -0.2) is 4.90 Å². The average molecular weight is 555 g/mol. The maximum atomic E-state index is 14.0. The topological polar surface area (TPSA) is 105 Å². The van der Waals surface area contributed by atoms with E-state index in [9.17, 15) is 19.5 Å². The van der Waals surface area contributed by atoms with E-state index in [0.29, 0.717) is 27.6 Å². The SMILES string of the molecule is COc1ccc(C2NC(Cc3ccccc3)(C(=O)O)C3C(=O)N(c4ccc(Cl)cc4Cl)C(=O)C23)cc1OC. The number of rotatable bonds is 7. The van der Waals surface area contributed by atoms with Gasteiger partial charge in [0.2, 0.25) is 11.8 Å². The van der Waals surface area contributed by atoms with Gasteiger partial charge in [-0.1, -0.05) is 59.6 Å². The molecular weight excluding hydrogens is 531 g/mol. The molecule has 196 valence electrons. The summed E-state index contributed by atoms with van der Waals surface area (Å²) in [5.41, 5.74) is -0.327. The van der Waals surface area contributed by atoms with Crippen molar-refractivity contribution in [2.24, 2.45) is 11.8 Å². The molecule has 2 heterocycles. The van der Waals surface area contributed by atoms with Crippen LogP contribution in [0.3, 0.4) is 0 Å². The lowest BCUT2D eigenvalue weighted by atomic mass is 9.76. The highest BCUT2D eigenvalue weighted by atomic mass is 35.5. The number of imide groups is 1. The predicted molar refractivity (Wildman–Crippen MR) is 142 cm³/mol. The van der Waals surface area contributed by atoms with Crippen molar-refractivity contribution in [2.75, 3.05) is 19.1 Å². The van der Waals surface area contributed by atoms with Crippen molar-refractivity contribution in [3.05, 3.63) is 87.9 Å². The van der Waals surface area contributed by atoms with Gasteiger partial charge in [0.1, 0.15) is 5.54 Å². The number of fused-ring (bicyclic) bond motifs is 1. The number of nitrogens with one attached hydrogen (secondary N) is 1. The highest BCUT2D eigenvalue weighted by Gasteiger charge is 2.68. The van der Waals surface area contributed by atoms with Crippen molar-refractivity contribution in [3.8, 4) is 11.5 Å². The number of nitrogens with zero attached hydrogens (tertiary/aromatic N) is 1. The van der Waals surface area contributed by atoms with Crippen molar-refractivity contribution >= 4 is 46.7 Å². The van der Waals surface area contributed by atoms with Crippen LogP contribution in [0.2, 0.25) is 10.0 Å². The molecule has 5 rings (SSSR count). The van der Waals surface area contributed by atoms with E-state index in [1.165, 1.54) is 32.4 Å². The lowest BCUT2D eigenvalue weighted by molar-refractivity contribution is -0.148. The summed E-state index contributed by atoms with van der Waals surface area (Å²) in [4.78, 5) is 42.0. The van der Waals surface area contributed by atoms with E-state index in [-0.39, 0.29) is 17.1 Å². The van der Waals surface area contributed by atoms with E-state index in [1.54, 1.807) is 42.5 Å². The summed E-state index contributed by atoms with van der Waals surface area (Å²) in [5, 5.41) is 14.3. The minimum atomic E-state index is -1.77. The number of benzene rings is 3. The number of carbonyl (C=O) groups is 3. The summed E-state index contributed by atoms with van der Waals surface area (Å²) in [6.07, 6.45) is -0.0185. The van der Waals surface area contributed by atoms with E-state index >= 15 is 0 Å². The number of carboxylic acid groups (broad SMARTS) is 1. The molecule has 4 atom stereocenters. The zero-order valence-corrected chi connectivity index (χ0v) is 22.0. The summed E-state index contributed by atoms with van der Waals surface area (Å²) < 4.78 is 10.8. The fourth-order valence-electron chi connectivity index (χ4n) is 5.59. The van der Waals surface area contributed by atoms with E-state index in [1.807, 2.05) is 6.07 Å². The van der Waals surface area contributed by atoms with Gasteiger partial charge in [-0.3, -0.25) is 19.7 Å². The van der Waals surface area contributed by atoms with Crippen LogP contribution < -0.4 is 19.7 Å². The molecule has 0 saturated carbocycles. The second-order valence-corrected chi connectivity index (χ2v) is 10.1. The minimum absolute atomic E-state index is 0.0185.